The van der Waals surface area contributed by atoms with E-state index in [4.69, 9.17) is 5.73 Å². The number of nitrogens with two attached hydrogens (primary N) is 1. The summed E-state index contributed by atoms with van der Waals surface area (Å²) in [6, 6.07) is 16.7. The maximum atomic E-state index is 13.1. The van der Waals surface area contributed by atoms with Crippen molar-refractivity contribution in [2.24, 2.45) is 10.7 Å². The van der Waals surface area contributed by atoms with Crippen LogP contribution in [-0.4, -0.2) is 42.0 Å². The number of anilines is 1. The number of aliphatic imine (C=N–C) groups is 1. The van der Waals surface area contributed by atoms with E-state index in [2.05, 4.69) is 37.3 Å². The number of thiazole rings is 1. The van der Waals surface area contributed by atoms with Gasteiger partial charge in [0.25, 0.3) is 0 Å². The van der Waals surface area contributed by atoms with E-state index in [0.29, 0.717) is 12.5 Å². The molecule has 144 valence electrons. The molecule has 2 aromatic carbocycles. The van der Waals surface area contributed by atoms with Crippen molar-refractivity contribution < 1.29 is 4.39 Å². The second-order valence-electron chi connectivity index (χ2n) is 6.62. The molecule has 0 radical (unpaired) electrons. The Morgan fingerprint density at radius 1 is 1.04 bits per heavy atom. The first kappa shape index (κ1) is 18.4. The molecular weight excluding hydrogens is 373 g/mol. The molecule has 0 spiro atoms. The third-order valence-electron chi connectivity index (χ3n) is 4.79. The molecule has 1 aliphatic rings. The lowest BCUT2D eigenvalue weighted by Gasteiger charge is -2.36. The van der Waals surface area contributed by atoms with Crippen LogP contribution in [0.25, 0.3) is 11.3 Å². The minimum Gasteiger partial charge on any atom is -0.370 e. The Kier molecular flexibility index (Phi) is 5.53. The summed E-state index contributed by atoms with van der Waals surface area (Å²) in [4.78, 5) is 13.5. The van der Waals surface area contributed by atoms with Gasteiger partial charge in [-0.25, -0.2) is 14.4 Å². The molecule has 1 aliphatic heterocycles. The Morgan fingerprint density at radius 3 is 2.46 bits per heavy atom. The summed E-state index contributed by atoms with van der Waals surface area (Å²) >= 11 is 1.60. The lowest BCUT2D eigenvalue weighted by molar-refractivity contribution is 0.380. The summed E-state index contributed by atoms with van der Waals surface area (Å²) in [6.07, 6.45) is 0. The average molecular weight is 396 g/mol. The molecule has 5 nitrogen and oxygen atoms in total. The van der Waals surface area contributed by atoms with Crippen molar-refractivity contribution in [3.8, 4) is 11.3 Å². The van der Waals surface area contributed by atoms with Crippen LogP contribution in [-0.2, 0) is 6.54 Å². The minimum absolute atomic E-state index is 0.212. The Morgan fingerprint density at radius 2 is 1.75 bits per heavy atom. The van der Waals surface area contributed by atoms with Crippen molar-refractivity contribution in [3.05, 3.63) is 70.8 Å². The largest absolute Gasteiger partial charge is 0.370 e. The van der Waals surface area contributed by atoms with Crippen LogP contribution in [0.2, 0.25) is 0 Å². The van der Waals surface area contributed by atoms with E-state index in [0.717, 1.165) is 48.1 Å². The first-order valence-corrected chi connectivity index (χ1v) is 10.1. The first-order chi connectivity index (χ1) is 13.7. The topological polar surface area (TPSA) is 57.8 Å². The molecule has 0 bridgehead atoms. The molecule has 4 rings (SSSR count). The number of guanidine groups is 1. The molecule has 1 fully saturated rings. The van der Waals surface area contributed by atoms with Crippen molar-refractivity contribution in [2.45, 2.75) is 6.54 Å². The lowest BCUT2D eigenvalue weighted by atomic mass is 10.2. The van der Waals surface area contributed by atoms with Crippen LogP contribution >= 0.6 is 11.3 Å². The summed E-state index contributed by atoms with van der Waals surface area (Å²) in [5, 5.41) is 3.00. The fourth-order valence-electron chi connectivity index (χ4n) is 3.22. The predicted octanol–water partition coefficient (Wildman–Crippen LogP) is 3.59. The van der Waals surface area contributed by atoms with Gasteiger partial charge < -0.3 is 15.5 Å². The van der Waals surface area contributed by atoms with Crippen LogP contribution in [0.15, 0.2) is 65.0 Å². The van der Waals surface area contributed by atoms with E-state index in [1.807, 2.05) is 30.3 Å². The summed E-state index contributed by atoms with van der Waals surface area (Å²) in [5.41, 5.74) is 9.32. The second kappa shape index (κ2) is 8.39. The van der Waals surface area contributed by atoms with E-state index in [1.165, 1.54) is 12.1 Å². The zero-order valence-corrected chi connectivity index (χ0v) is 16.3. The van der Waals surface area contributed by atoms with Crippen molar-refractivity contribution in [1.29, 1.82) is 0 Å². The van der Waals surface area contributed by atoms with E-state index >= 15 is 0 Å². The van der Waals surface area contributed by atoms with Crippen molar-refractivity contribution in [2.75, 3.05) is 31.1 Å². The van der Waals surface area contributed by atoms with Crippen LogP contribution in [0.4, 0.5) is 10.1 Å². The molecule has 7 heteroatoms. The van der Waals surface area contributed by atoms with Crippen LogP contribution in [0.3, 0.4) is 0 Å². The van der Waals surface area contributed by atoms with Gasteiger partial charge in [-0.05, 0) is 24.3 Å². The number of hydrogen-bond donors (Lipinski definition) is 1. The van der Waals surface area contributed by atoms with Crippen molar-refractivity contribution in [3.63, 3.8) is 0 Å². The number of benzene rings is 2. The van der Waals surface area contributed by atoms with Gasteiger partial charge in [0.15, 0.2) is 5.96 Å². The summed E-state index contributed by atoms with van der Waals surface area (Å²) in [5.74, 6) is 0.339. The summed E-state index contributed by atoms with van der Waals surface area (Å²) in [7, 11) is 0. The van der Waals surface area contributed by atoms with E-state index in [1.54, 1.807) is 11.3 Å². The monoisotopic (exact) mass is 395 g/mol. The summed E-state index contributed by atoms with van der Waals surface area (Å²) < 4.78 is 13.1. The third-order valence-corrected chi connectivity index (χ3v) is 5.63. The predicted molar refractivity (Wildman–Crippen MR) is 113 cm³/mol. The quantitative estimate of drug-likeness (QED) is 0.542. The molecule has 1 saturated heterocycles. The zero-order chi connectivity index (χ0) is 19.3. The Bertz CT molecular complexity index is 931. The highest BCUT2D eigenvalue weighted by atomic mass is 32.1. The number of rotatable bonds is 4. The molecule has 2 N–H and O–H groups in total. The van der Waals surface area contributed by atoms with Gasteiger partial charge in [-0.1, -0.05) is 30.3 Å². The molecule has 0 aliphatic carbocycles. The van der Waals surface area contributed by atoms with E-state index < -0.39 is 0 Å². The van der Waals surface area contributed by atoms with Gasteiger partial charge in [0.1, 0.15) is 10.8 Å². The van der Waals surface area contributed by atoms with Gasteiger partial charge in [-0.3, -0.25) is 0 Å². The molecule has 0 unspecified atom stereocenters. The lowest BCUT2D eigenvalue weighted by Crippen LogP contribution is -2.51. The van der Waals surface area contributed by atoms with Gasteiger partial charge in [0.2, 0.25) is 0 Å². The molecule has 0 atom stereocenters. The number of hydrogen-bond acceptors (Lipinski definition) is 4. The average Bonchev–Trinajstić information content (AvgIpc) is 3.22. The standard InChI is InChI=1S/C21H22FN5S/c22-17-6-8-18(9-7-17)26-10-12-27(13-11-26)21(23)24-14-20-25-19(15-28-20)16-4-2-1-3-5-16/h1-9,15H,10-14H2,(H2,23,24). The smallest absolute Gasteiger partial charge is 0.191 e. The number of nitrogens with zero attached hydrogens (tertiary/aromatic N) is 4. The van der Waals surface area contributed by atoms with E-state index in [-0.39, 0.29) is 5.82 Å². The molecule has 3 aromatic rings. The highest BCUT2D eigenvalue weighted by Gasteiger charge is 2.18. The van der Waals surface area contributed by atoms with Gasteiger partial charge in [-0.15, -0.1) is 11.3 Å². The number of halogens is 1. The fraction of sp³-hybridized carbons (Fsp3) is 0.238. The van der Waals surface area contributed by atoms with Gasteiger partial charge in [0.05, 0.1) is 12.2 Å². The molecule has 0 amide bonds. The van der Waals surface area contributed by atoms with Crippen LogP contribution in [0, 0.1) is 5.82 Å². The molecular formula is C21H22FN5S. The van der Waals surface area contributed by atoms with Crippen molar-refractivity contribution >= 4 is 23.0 Å². The highest BCUT2D eigenvalue weighted by molar-refractivity contribution is 7.09. The van der Waals surface area contributed by atoms with Gasteiger partial charge >= 0.3 is 0 Å². The van der Waals surface area contributed by atoms with Crippen molar-refractivity contribution in [1.82, 2.24) is 9.88 Å². The van der Waals surface area contributed by atoms with Crippen LogP contribution in [0.1, 0.15) is 5.01 Å². The normalized spacial score (nSPS) is 15.1. The fourth-order valence-corrected chi connectivity index (χ4v) is 3.95. The molecule has 0 saturated carbocycles. The minimum atomic E-state index is -0.212. The Hall–Kier alpha value is -2.93. The highest BCUT2D eigenvalue weighted by Crippen LogP contribution is 2.22. The molecule has 1 aromatic heterocycles. The van der Waals surface area contributed by atoms with E-state index in [9.17, 15) is 4.39 Å². The van der Waals surface area contributed by atoms with Gasteiger partial charge in [-0.2, -0.15) is 0 Å². The third kappa shape index (κ3) is 4.31. The maximum Gasteiger partial charge on any atom is 0.191 e. The number of aromatic nitrogens is 1. The maximum absolute atomic E-state index is 13.1. The van der Waals surface area contributed by atoms with Crippen LogP contribution in [0.5, 0.6) is 0 Å². The molecule has 28 heavy (non-hydrogen) atoms. The second-order valence-corrected chi connectivity index (χ2v) is 7.56. The Labute approximate surface area is 168 Å². The number of piperazine rings is 1. The van der Waals surface area contributed by atoms with Gasteiger partial charge in [0, 0.05) is 42.8 Å². The zero-order valence-electron chi connectivity index (χ0n) is 15.5. The SMILES string of the molecule is NC(=NCc1nc(-c2ccccc2)cs1)N1CCN(c2ccc(F)cc2)CC1. The van der Waals surface area contributed by atoms with Crippen LogP contribution < -0.4 is 10.6 Å². The summed E-state index contributed by atoms with van der Waals surface area (Å²) in [6.45, 7) is 3.73. The Balaban J connectivity index is 1.33. The first-order valence-electron chi connectivity index (χ1n) is 9.24. The molecule has 2 heterocycles.